The standard InChI is InChI=1S/C10H16N2O2/c1-7(2)6-12-8(3)5-9(11-12)10(13)14-4/h5,7H,6H2,1-4H3. The van der Waals surface area contributed by atoms with Gasteiger partial charge in [0.1, 0.15) is 0 Å². The Kier molecular flexibility index (Phi) is 3.28. The van der Waals surface area contributed by atoms with Crippen LogP contribution in [0.5, 0.6) is 0 Å². The first-order chi connectivity index (χ1) is 6.54. The van der Waals surface area contributed by atoms with Crippen LogP contribution in [-0.4, -0.2) is 22.9 Å². The van der Waals surface area contributed by atoms with Crippen molar-refractivity contribution in [3.05, 3.63) is 17.5 Å². The van der Waals surface area contributed by atoms with Crippen molar-refractivity contribution >= 4 is 5.97 Å². The first kappa shape index (κ1) is 10.8. The lowest BCUT2D eigenvalue weighted by atomic mass is 10.2. The number of carbonyl (C=O) groups excluding carboxylic acids is 1. The number of carbonyl (C=O) groups is 1. The van der Waals surface area contributed by atoms with Crippen LogP contribution in [0.2, 0.25) is 0 Å². The summed E-state index contributed by atoms with van der Waals surface area (Å²) in [6.07, 6.45) is 0. The van der Waals surface area contributed by atoms with Gasteiger partial charge in [0.25, 0.3) is 0 Å². The van der Waals surface area contributed by atoms with E-state index in [0.29, 0.717) is 11.6 Å². The van der Waals surface area contributed by atoms with Crippen LogP contribution in [0.3, 0.4) is 0 Å². The maximum Gasteiger partial charge on any atom is 0.358 e. The number of aryl methyl sites for hydroxylation is 1. The minimum absolute atomic E-state index is 0.379. The Morgan fingerprint density at radius 2 is 2.29 bits per heavy atom. The van der Waals surface area contributed by atoms with Crippen LogP contribution in [0.1, 0.15) is 30.0 Å². The minimum Gasteiger partial charge on any atom is -0.464 e. The van der Waals surface area contributed by atoms with Crippen molar-refractivity contribution in [2.24, 2.45) is 5.92 Å². The van der Waals surface area contributed by atoms with Crippen LogP contribution >= 0.6 is 0 Å². The van der Waals surface area contributed by atoms with Gasteiger partial charge in [0.05, 0.1) is 7.11 Å². The van der Waals surface area contributed by atoms with Gasteiger partial charge in [-0.3, -0.25) is 4.68 Å². The Hall–Kier alpha value is -1.32. The highest BCUT2D eigenvalue weighted by atomic mass is 16.5. The number of aromatic nitrogens is 2. The number of hydrogen-bond acceptors (Lipinski definition) is 3. The zero-order valence-corrected chi connectivity index (χ0v) is 9.07. The lowest BCUT2D eigenvalue weighted by Crippen LogP contribution is -2.09. The van der Waals surface area contributed by atoms with Gasteiger partial charge in [-0.05, 0) is 18.9 Å². The molecule has 0 aliphatic heterocycles. The van der Waals surface area contributed by atoms with Crippen molar-refractivity contribution in [3.63, 3.8) is 0 Å². The van der Waals surface area contributed by atoms with Gasteiger partial charge in [-0.1, -0.05) is 13.8 Å². The molecule has 0 unspecified atom stereocenters. The van der Waals surface area contributed by atoms with Gasteiger partial charge in [0.2, 0.25) is 0 Å². The van der Waals surface area contributed by atoms with Crippen LogP contribution in [0.4, 0.5) is 0 Å². The fourth-order valence-corrected chi connectivity index (χ4v) is 1.25. The predicted octanol–water partition coefficient (Wildman–Crippen LogP) is 1.63. The van der Waals surface area contributed by atoms with E-state index in [9.17, 15) is 4.79 Å². The van der Waals surface area contributed by atoms with Gasteiger partial charge >= 0.3 is 5.97 Å². The van der Waals surface area contributed by atoms with Crippen molar-refractivity contribution in [2.75, 3.05) is 7.11 Å². The average molecular weight is 196 g/mol. The number of methoxy groups -OCH3 is 1. The van der Waals surface area contributed by atoms with Crippen molar-refractivity contribution < 1.29 is 9.53 Å². The monoisotopic (exact) mass is 196 g/mol. The molecule has 4 nitrogen and oxygen atoms in total. The van der Waals surface area contributed by atoms with Crippen molar-refractivity contribution in [1.29, 1.82) is 0 Å². The molecule has 0 aliphatic rings. The molecule has 0 radical (unpaired) electrons. The first-order valence-corrected chi connectivity index (χ1v) is 4.67. The Bertz CT molecular complexity index is 329. The summed E-state index contributed by atoms with van der Waals surface area (Å²) in [4.78, 5) is 11.2. The smallest absolute Gasteiger partial charge is 0.358 e. The third kappa shape index (κ3) is 2.34. The Labute approximate surface area is 83.9 Å². The molecule has 0 aromatic carbocycles. The van der Waals surface area contributed by atoms with E-state index in [1.54, 1.807) is 6.07 Å². The van der Waals surface area contributed by atoms with Crippen LogP contribution in [0.15, 0.2) is 6.07 Å². The number of hydrogen-bond donors (Lipinski definition) is 0. The van der Waals surface area contributed by atoms with Crippen LogP contribution in [-0.2, 0) is 11.3 Å². The molecular weight excluding hydrogens is 180 g/mol. The SMILES string of the molecule is COC(=O)c1cc(C)n(CC(C)C)n1. The summed E-state index contributed by atoms with van der Waals surface area (Å²) < 4.78 is 6.43. The predicted molar refractivity (Wildman–Crippen MR) is 53.1 cm³/mol. The summed E-state index contributed by atoms with van der Waals surface area (Å²) in [7, 11) is 1.36. The van der Waals surface area contributed by atoms with Crippen LogP contribution in [0.25, 0.3) is 0 Å². The van der Waals surface area contributed by atoms with E-state index in [0.717, 1.165) is 12.2 Å². The second-order valence-corrected chi connectivity index (χ2v) is 3.74. The largest absolute Gasteiger partial charge is 0.464 e. The lowest BCUT2D eigenvalue weighted by Gasteiger charge is -2.06. The Morgan fingerprint density at radius 1 is 1.64 bits per heavy atom. The van der Waals surface area contributed by atoms with E-state index in [1.165, 1.54) is 7.11 Å². The van der Waals surface area contributed by atoms with E-state index in [2.05, 4.69) is 23.7 Å². The Morgan fingerprint density at radius 3 is 2.79 bits per heavy atom. The van der Waals surface area contributed by atoms with Crippen molar-refractivity contribution in [2.45, 2.75) is 27.3 Å². The van der Waals surface area contributed by atoms with Gasteiger partial charge in [-0.15, -0.1) is 0 Å². The molecule has 0 spiro atoms. The molecule has 0 aliphatic carbocycles. The summed E-state index contributed by atoms with van der Waals surface area (Å²) in [5, 5.41) is 4.16. The molecule has 1 aromatic heterocycles. The maximum atomic E-state index is 11.2. The van der Waals surface area contributed by atoms with Gasteiger partial charge in [-0.25, -0.2) is 4.79 Å². The second kappa shape index (κ2) is 4.26. The molecule has 14 heavy (non-hydrogen) atoms. The van der Waals surface area contributed by atoms with Crippen molar-refractivity contribution in [1.82, 2.24) is 9.78 Å². The van der Waals surface area contributed by atoms with Crippen molar-refractivity contribution in [3.8, 4) is 0 Å². The van der Waals surface area contributed by atoms with E-state index in [4.69, 9.17) is 0 Å². The molecule has 1 rings (SSSR count). The van der Waals surface area contributed by atoms with Gasteiger partial charge in [-0.2, -0.15) is 5.10 Å². The third-order valence-corrected chi connectivity index (χ3v) is 1.91. The highest BCUT2D eigenvalue weighted by molar-refractivity contribution is 5.87. The number of nitrogens with zero attached hydrogens (tertiary/aromatic N) is 2. The summed E-state index contributed by atoms with van der Waals surface area (Å²) in [5.74, 6) is 0.134. The molecule has 78 valence electrons. The lowest BCUT2D eigenvalue weighted by molar-refractivity contribution is 0.0592. The first-order valence-electron chi connectivity index (χ1n) is 4.67. The molecule has 0 atom stereocenters. The van der Waals surface area contributed by atoms with Crippen LogP contribution < -0.4 is 0 Å². The highest BCUT2D eigenvalue weighted by Crippen LogP contribution is 2.07. The van der Waals surface area contributed by atoms with Gasteiger partial charge in [0.15, 0.2) is 5.69 Å². The Balaban J connectivity index is 2.87. The maximum absolute atomic E-state index is 11.2. The second-order valence-electron chi connectivity index (χ2n) is 3.74. The normalized spacial score (nSPS) is 10.6. The molecule has 0 amide bonds. The van der Waals surface area contributed by atoms with E-state index in [-0.39, 0.29) is 5.97 Å². The number of rotatable bonds is 3. The molecule has 0 saturated heterocycles. The minimum atomic E-state index is -0.379. The topological polar surface area (TPSA) is 44.1 Å². The number of esters is 1. The molecule has 4 heteroatoms. The molecule has 1 heterocycles. The van der Waals surface area contributed by atoms with E-state index in [1.807, 2.05) is 11.6 Å². The highest BCUT2D eigenvalue weighted by Gasteiger charge is 2.12. The fourth-order valence-electron chi connectivity index (χ4n) is 1.25. The zero-order chi connectivity index (χ0) is 10.7. The fraction of sp³-hybridized carbons (Fsp3) is 0.600. The average Bonchev–Trinajstić information content (AvgIpc) is 2.46. The molecule has 0 bridgehead atoms. The van der Waals surface area contributed by atoms with Crippen LogP contribution in [0, 0.1) is 12.8 Å². The number of ether oxygens (including phenoxy) is 1. The van der Waals surface area contributed by atoms with Gasteiger partial charge in [0, 0.05) is 12.2 Å². The van der Waals surface area contributed by atoms with E-state index >= 15 is 0 Å². The molecular formula is C10H16N2O2. The molecule has 0 fully saturated rings. The summed E-state index contributed by atoms with van der Waals surface area (Å²) in [6.45, 7) is 6.97. The molecule has 0 saturated carbocycles. The van der Waals surface area contributed by atoms with Gasteiger partial charge < -0.3 is 4.74 Å². The third-order valence-electron chi connectivity index (χ3n) is 1.91. The zero-order valence-electron chi connectivity index (χ0n) is 9.07. The van der Waals surface area contributed by atoms with E-state index < -0.39 is 0 Å². The summed E-state index contributed by atoms with van der Waals surface area (Å²) in [6, 6.07) is 1.74. The molecule has 0 N–H and O–H groups in total. The quantitative estimate of drug-likeness (QED) is 0.690. The summed E-state index contributed by atoms with van der Waals surface area (Å²) >= 11 is 0. The summed E-state index contributed by atoms with van der Waals surface area (Å²) in [5.41, 5.74) is 1.37. The molecule has 1 aromatic rings.